The Balaban J connectivity index is 1.90. The molecule has 0 aliphatic carbocycles. The molecule has 0 aliphatic heterocycles. The van der Waals surface area contributed by atoms with Crippen molar-refractivity contribution in [3.05, 3.63) is 24.3 Å². The van der Waals surface area contributed by atoms with Gasteiger partial charge in [0.25, 0.3) is 5.91 Å². The van der Waals surface area contributed by atoms with Crippen molar-refractivity contribution >= 4 is 11.9 Å². The van der Waals surface area contributed by atoms with Gasteiger partial charge in [-0.3, -0.25) is 4.79 Å². The SMILES string of the molecule is CC[C@H](C)[C@@H](NC(=O)COc1ccc(-c2nnn(C)n2)cc1)C(=O)O. The highest BCUT2D eigenvalue weighted by Crippen LogP contribution is 2.18. The van der Waals surface area contributed by atoms with Crippen molar-refractivity contribution in [2.75, 3.05) is 6.61 Å². The molecule has 0 saturated carbocycles. The summed E-state index contributed by atoms with van der Waals surface area (Å²) in [4.78, 5) is 24.5. The molecular formula is C16H21N5O4. The average Bonchev–Trinajstić information content (AvgIpc) is 3.03. The second-order valence-electron chi connectivity index (χ2n) is 5.68. The highest BCUT2D eigenvalue weighted by molar-refractivity contribution is 5.84. The monoisotopic (exact) mass is 347 g/mol. The Kier molecular flexibility index (Phi) is 6.04. The molecule has 2 N–H and O–H groups in total. The number of hydrogen-bond acceptors (Lipinski definition) is 6. The molecule has 0 radical (unpaired) electrons. The first-order valence-corrected chi connectivity index (χ1v) is 7.90. The van der Waals surface area contributed by atoms with Gasteiger partial charge in [0, 0.05) is 5.56 Å². The van der Waals surface area contributed by atoms with Crippen LogP contribution in [0.2, 0.25) is 0 Å². The number of tetrazole rings is 1. The summed E-state index contributed by atoms with van der Waals surface area (Å²) >= 11 is 0. The van der Waals surface area contributed by atoms with E-state index in [2.05, 4.69) is 20.7 Å². The lowest BCUT2D eigenvalue weighted by molar-refractivity contribution is -0.143. The van der Waals surface area contributed by atoms with Crippen molar-refractivity contribution < 1.29 is 19.4 Å². The van der Waals surface area contributed by atoms with E-state index in [0.717, 1.165) is 5.56 Å². The van der Waals surface area contributed by atoms with Crippen LogP contribution in [0.1, 0.15) is 20.3 Å². The molecule has 0 unspecified atom stereocenters. The second kappa shape index (κ2) is 8.22. The minimum Gasteiger partial charge on any atom is -0.484 e. The van der Waals surface area contributed by atoms with Crippen molar-refractivity contribution in [2.45, 2.75) is 26.3 Å². The van der Waals surface area contributed by atoms with Gasteiger partial charge in [-0.2, -0.15) is 4.80 Å². The van der Waals surface area contributed by atoms with Crippen LogP contribution >= 0.6 is 0 Å². The highest BCUT2D eigenvalue weighted by Gasteiger charge is 2.25. The van der Waals surface area contributed by atoms with Crippen molar-refractivity contribution in [3.8, 4) is 17.1 Å². The second-order valence-corrected chi connectivity index (χ2v) is 5.68. The fourth-order valence-electron chi connectivity index (χ4n) is 2.15. The number of carboxylic acid groups (broad SMARTS) is 1. The third-order valence-corrected chi connectivity index (χ3v) is 3.79. The molecule has 0 aliphatic rings. The molecule has 2 atom stereocenters. The first kappa shape index (κ1) is 18.4. The Morgan fingerprint density at radius 3 is 2.52 bits per heavy atom. The Bertz CT molecular complexity index is 728. The van der Waals surface area contributed by atoms with Crippen LogP contribution in [0, 0.1) is 5.92 Å². The first-order chi connectivity index (χ1) is 11.9. The molecule has 0 spiro atoms. The summed E-state index contributed by atoms with van der Waals surface area (Å²) in [5.41, 5.74) is 0.771. The summed E-state index contributed by atoms with van der Waals surface area (Å²) < 4.78 is 5.39. The van der Waals surface area contributed by atoms with E-state index in [4.69, 9.17) is 4.74 Å². The van der Waals surface area contributed by atoms with Gasteiger partial charge >= 0.3 is 5.97 Å². The Morgan fingerprint density at radius 2 is 2.00 bits per heavy atom. The van der Waals surface area contributed by atoms with Crippen LogP contribution in [0.5, 0.6) is 5.75 Å². The van der Waals surface area contributed by atoms with Gasteiger partial charge in [-0.05, 0) is 35.4 Å². The van der Waals surface area contributed by atoms with Crippen LogP contribution in [0.4, 0.5) is 0 Å². The van der Waals surface area contributed by atoms with E-state index < -0.39 is 17.9 Å². The summed E-state index contributed by atoms with van der Waals surface area (Å²) in [6.45, 7) is 3.39. The normalized spacial score (nSPS) is 13.1. The van der Waals surface area contributed by atoms with Crippen LogP contribution in [0.25, 0.3) is 11.4 Å². The van der Waals surface area contributed by atoms with Gasteiger partial charge < -0.3 is 15.2 Å². The average molecular weight is 347 g/mol. The van der Waals surface area contributed by atoms with Crippen molar-refractivity contribution in [1.29, 1.82) is 0 Å². The number of amides is 1. The van der Waals surface area contributed by atoms with Gasteiger partial charge in [0.2, 0.25) is 5.82 Å². The maximum absolute atomic E-state index is 11.9. The Morgan fingerprint density at radius 1 is 1.32 bits per heavy atom. The molecule has 1 amide bonds. The number of hydrogen-bond donors (Lipinski definition) is 2. The number of benzene rings is 1. The van der Waals surface area contributed by atoms with Crippen LogP contribution in [-0.2, 0) is 16.6 Å². The predicted molar refractivity (Wildman–Crippen MR) is 88.8 cm³/mol. The minimum atomic E-state index is -1.05. The van der Waals surface area contributed by atoms with Crippen LogP contribution in [0.15, 0.2) is 24.3 Å². The number of ether oxygens (including phenoxy) is 1. The Hall–Kier alpha value is -2.97. The Labute approximate surface area is 145 Å². The number of nitrogens with one attached hydrogen (secondary N) is 1. The molecule has 0 saturated heterocycles. The zero-order chi connectivity index (χ0) is 18.4. The highest BCUT2D eigenvalue weighted by atomic mass is 16.5. The van der Waals surface area contributed by atoms with Crippen LogP contribution < -0.4 is 10.1 Å². The van der Waals surface area contributed by atoms with E-state index in [-0.39, 0.29) is 12.5 Å². The van der Waals surface area contributed by atoms with E-state index in [0.29, 0.717) is 18.0 Å². The summed E-state index contributed by atoms with van der Waals surface area (Å²) in [6, 6.07) is 5.95. The maximum atomic E-state index is 11.9. The maximum Gasteiger partial charge on any atom is 0.326 e. The number of carboxylic acids is 1. The number of rotatable bonds is 8. The van der Waals surface area contributed by atoms with E-state index >= 15 is 0 Å². The number of aliphatic carboxylic acids is 1. The lowest BCUT2D eigenvalue weighted by Gasteiger charge is -2.20. The molecule has 2 aromatic rings. The fraction of sp³-hybridized carbons (Fsp3) is 0.438. The molecule has 1 heterocycles. The van der Waals surface area contributed by atoms with Crippen molar-refractivity contribution in [3.63, 3.8) is 0 Å². The molecular weight excluding hydrogens is 326 g/mol. The van der Waals surface area contributed by atoms with E-state index in [1.165, 1.54) is 4.80 Å². The molecule has 1 aromatic carbocycles. The molecule has 0 bridgehead atoms. The molecule has 25 heavy (non-hydrogen) atoms. The number of aromatic nitrogens is 4. The standard InChI is InChI=1S/C16H21N5O4/c1-4-10(2)14(16(23)24)17-13(22)9-25-12-7-5-11(6-8-12)15-18-20-21(3)19-15/h5-8,10,14H,4,9H2,1-3H3,(H,17,22)(H,23,24)/t10-,14+/m0/s1. The summed E-state index contributed by atoms with van der Waals surface area (Å²) in [7, 11) is 1.68. The van der Waals surface area contributed by atoms with Gasteiger partial charge in [-0.25, -0.2) is 4.79 Å². The molecule has 134 valence electrons. The van der Waals surface area contributed by atoms with Gasteiger partial charge in [-0.1, -0.05) is 20.3 Å². The number of aryl methyl sites for hydroxylation is 1. The third kappa shape index (κ3) is 5.00. The van der Waals surface area contributed by atoms with Crippen LogP contribution in [-0.4, -0.2) is 49.8 Å². The number of nitrogens with zero attached hydrogens (tertiary/aromatic N) is 4. The predicted octanol–water partition coefficient (Wildman–Crippen LogP) is 0.871. The smallest absolute Gasteiger partial charge is 0.326 e. The molecule has 0 fully saturated rings. The summed E-state index contributed by atoms with van der Waals surface area (Å²) in [5, 5.41) is 23.4. The molecule has 9 nitrogen and oxygen atoms in total. The van der Waals surface area contributed by atoms with E-state index in [1.807, 2.05) is 6.92 Å². The van der Waals surface area contributed by atoms with Gasteiger partial charge in [0.05, 0.1) is 7.05 Å². The minimum absolute atomic E-state index is 0.166. The largest absolute Gasteiger partial charge is 0.484 e. The van der Waals surface area contributed by atoms with Gasteiger partial charge in [0.15, 0.2) is 6.61 Å². The quantitative estimate of drug-likeness (QED) is 0.727. The number of carbonyl (C=O) groups is 2. The number of carbonyl (C=O) groups excluding carboxylic acids is 1. The summed E-state index contributed by atoms with van der Waals surface area (Å²) in [6.07, 6.45) is 0.649. The zero-order valence-electron chi connectivity index (χ0n) is 14.3. The van der Waals surface area contributed by atoms with Crippen molar-refractivity contribution in [2.24, 2.45) is 13.0 Å². The summed E-state index contributed by atoms with van der Waals surface area (Å²) in [5.74, 6) is -0.723. The lowest BCUT2D eigenvalue weighted by Crippen LogP contribution is -2.46. The lowest BCUT2D eigenvalue weighted by atomic mass is 9.99. The topological polar surface area (TPSA) is 119 Å². The van der Waals surface area contributed by atoms with E-state index in [1.54, 1.807) is 38.2 Å². The molecule has 9 heteroatoms. The van der Waals surface area contributed by atoms with Gasteiger partial charge in [-0.15, -0.1) is 10.2 Å². The zero-order valence-corrected chi connectivity index (χ0v) is 14.3. The van der Waals surface area contributed by atoms with Crippen LogP contribution in [0.3, 0.4) is 0 Å². The van der Waals surface area contributed by atoms with Crippen molar-refractivity contribution in [1.82, 2.24) is 25.5 Å². The van der Waals surface area contributed by atoms with E-state index in [9.17, 15) is 14.7 Å². The van der Waals surface area contributed by atoms with Gasteiger partial charge in [0.1, 0.15) is 11.8 Å². The fourth-order valence-corrected chi connectivity index (χ4v) is 2.15. The molecule has 2 rings (SSSR count). The third-order valence-electron chi connectivity index (χ3n) is 3.79. The molecule has 1 aromatic heterocycles. The first-order valence-electron chi connectivity index (χ1n) is 7.90.